The maximum atomic E-state index is 12.0. The van der Waals surface area contributed by atoms with Crippen LogP contribution in [0, 0.1) is 6.92 Å². The number of rotatable bonds is 6. The molecule has 2 aromatic carbocycles. The number of hydrogen-bond acceptors (Lipinski definition) is 2. The topological polar surface area (TPSA) is 38.3 Å². The number of aryl methyl sites for hydroxylation is 1. The number of alkyl halides is 2. The van der Waals surface area contributed by atoms with E-state index >= 15 is 0 Å². The van der Waals surface area contributed by atoms with E-state index in [0.717, 1.165) is 11.1 Å². The summed E-state index contributed by atoms with van der Waals surface area (Å²) >= 11 is 0. The van der Waals surface area contributed by atoms with Gasteiger partial charge in [-0.1, -0.05) is 30.3 Å². The molecule has 0 spiro atoms. The molecule has 2 rings (SSSR count). The Kier molecular flexibility index (Phi) is 5.47. The van der Waals surface area contributed by atoms with Gasteiger partial charge in [-0.3, -0.25) is 4.79 Å². The molecule has 0 fully saturated rings. The third-order valence-corrected chi connectivity index (χ3v) is 3.24. The predicted molar refractivity (Wildman–Crippen MR) is 80.3 cm³/mol. The van der Waals surface area contributed by atoms with Crippen LogP contribution in [0.5, 0.6) is 5.75 Å². The summed E-state index contributed by atoms with van der Waals surface area (Å²) in [4.78, 5) is 12.0. The molecule has 0 unspecified atom stereocenters. The van der Waals surface area contributed by atoms with Gasteiger partial charge in [0.2, 0.25) is 0 Å². The van der Waals surface area contributed by atoms with Crippen LogP contribution in [-0.4, -0.2) is 19.1 Å². The predicted octanol–water partition coefficient (Wildman–Crippen LogP) is 3.57. The Balaban J connectivity index is 1.83. The van der Waals surface area contributed by atoms with E-state index in [1.165, 1.54) is 12.1 Å². The number of ether oxygens (including phenoxy) is 1. The molecule has 22 heavy (non-hydrogen) atoms. The van der Waals surface area contributed by atoms with Crippen molar-refractivity contribution in [1.29, 1.82) is 0 Å². The van der Waals surface area contributed by atoms with Crippen molar-refractivity contribution in [2.75, 3.05) is 6.54 Å². The highest BCUT2D eigenvalue weighted by Crippen LogP contribution is 2.15. The van der Waals surface area contributed by atoms with E-state index in [4.69, 9.17) is 0 Å². The standard InChI is InChI=1S/C17H17F2NO2/c1-12-4-2-3-5-15(12)16(21)20-11-10-13-6-8-14(9-7-13)22-17(18)19/h2-9,17H,10-11H2,1H3,(H,20,21). The van der Waals surface area contributed by atoms with E-state index in [1.807, 2.05) is 25.1 Å². The number of halogens is 2. The smallest absolute Gasteiger partial charge is 0.387 e. The summed E-state index contributed by atoms with van der Waals surface area (Å²) in [5.41, 5.74) is 2.52. The normalized spacial score (nSPS) is 10.5. The molecule has 0 bridgehead atoms. The van der Waals surface area contributed by atoms with Crippen LogP contribution in [-0.2, 0) is 6.42 Å². The lowest BCUT2D eigenvalue weighted by Crippen LogP contribution is -2.26. The molecule has 1 amide bonds. The summed E-state index contributed by atoms with van der Waals surface area (Å²) < 4.78 is 28.4. The number of benzene rings is 2. The molecule has 0 aliphatic rings. The Morgan fingerprint density at radius 3 is 2.45 bits per heavy atom. The zero-order valence-corrected chi connectivity index (χ0v) is 12.2. The van der Waals surface area contributed by atoms with Crippen LogP contribution in [0.25, 0.3) is 0 Å². The van der Waals surface area contributed by atoms with Gasteiger partial charge in [-0.15, -0.1) is 0 Å². The van der Waals surface area contributed by atoms with Gasteiger partial charge in [0.25, 0.3) is 5.91 Å². The first-order valence-corrected chi connectivity index (χ1v) is 6.94. The van der Waals surface area contributed by atoms with E-state index in [2.05, 4.69) is 10.1 Å². The maximum Gasteiger partial charge on any atom is 0.387 e. The first kappa shape index (κ1) is 15.9. The molecule has 0 radical (unpaired) electrons. The fraction of sp³-hybridized carbons (Fsp3) is 0.235. The van der Waals surface area contributed by atoms with Gasteiger partial charge in [0.1, 0.15) is 5.75 Å². The van der Waals surface area contributed by atoms with Crippen molar-refractivity contribution in [2.24, 2.45) is 0 Å². The molecule has 0 atom stereocenters. The maximum absolute atomic E-state index is 12.0. The van der Waals surface area contributed by atoms with E-state index < -0.39 is 6.61 Å². The lowest BCUT2D eigenvalue weighted by molar-refractivity contribution is -0.0498. The lowest BCUT2D eigenvalue weighted by atomic mass is 10.1. The molecule has 0 aliphatic carbocycles. The fourth-order valence-electron chi connectivity index (χ4n) is 2.08. The molecule has 0 heterocycles. The Bertz CT molecular complexity index is 627. The molecule has 0 saturated carbocycles. The summed E-state index contributed by atoms with van der Waals surface area (Å²) in [5, 5.41) is 2.84. The van der Waals surface area contributed by atoms with Gasteiger partial charge in [0.15, 0.2) is 0 Å². The molecule has 0 saturated heterocycles. The molecule has 5 heteroatoms. The van der Waals surface area contributed by atoms with Crippen molar-refractivity contribution < 1.29 is 18.3 Å². The van der Waals surface area contributed by atoms with Crippen molar-refractivity contribution in [3.05, 3.63) is 65.2 Å². The van der Waals surface area contributed by atoms with Gasteiger partial charge in [-0.25, -0.2) is 0 Å². The van der Waals surface area contributed by atoms with Gasteiger partial charge < -0.3 is 10.1 Å². The first-order valence-electron chi connectivity index (χ1n) is 6.94. The number of amides is 1. The zero-order valence-electron chi connectivity index (χ0n) is 12.2. The average Bonchev–Trinajstić information content (AvgIpc) is 2.49. The molecule has 2 aromatic rings. The van der Waals surface area contributed by atoms with E-state index in [0.29, 0.717) is 18.5 Å². The van der Waals surface area contributed by atoms with Crippen molar-refractivity contribution in [3.8, 4) is 5.75 Å². The highest BCUT2D eigenvalue weighted by molar-refractivity contribution is 5.95. The summed E-state index contributed by atoms with van der Waals surface area (Å²) in [7, 11) is 0. The molecule has 0 aromatic heterocycles. The van der Waals surface area contributed by atoms with Crippen molar-refractivity contribution in [3.63, 3.8) is 0 Å². The van der Waals surface area contributed by atoms with Crippen LogP contribution < -0.4 is 10.1 Å². The SMILES string of the molecule is Cc1ccccc1C(=O)NCCc1ccc(OC(F)F)cc1. The molecule has 0 aliphatic heterocycles. The first-order chi connectivity index (χ1) is 10.6. The van der Waals surface area contributed by atoms with Crippen molar-refractivity contribution in [2.45, 2.75) is 20.0 Å². The number of hydrogen-bond donors (Lipinski definition) is 1. The van der Waals surface area contributed by atoms with Crippen molar-refractivity contribution >= 4 is 5.91 Å². The second-order valence-electron chi connectivity index (χ2n) is 4.84. The minimum atomic E-state index is -2.82. The Morgan fingerprint density at radius 2 is 1.82 bits per heavy atom. The quantitative estimate of drug-likeness (QED) is 0.886. The van der Waals surface area contributed by atoms with Crippen molar-refractivity contribution in [1.82, 2.24) is 5.32 Å². The molecule has 3 nitrogen and oxygen atoms in total. The van der Waals surface area contributed by atoms with Crippen LogP contribution in [0.15, 0.2) is 48.5 Å². The monoisotopic (exact) mass is 305 g/mol. The largest absolute Gasteiger partial charge is 0.435 e. The van der Waals surface area contributed by atoms with E-state index in [-0.39, 0.29) is 11.7 Å². The fourth-order valence-corrected chi connectivity index (χ4v) is 2.08. The van der Waals surface area contributed by atoms with Crippen LogP contribution in [0.1, 0.15) is 21.5 Å². The summed E-state index contributed by atoms with van der Waals surface area (Å²) in [6, 6.07) is 13.8. The number of carbonyl (C=O) groups excluding carboxylic acids is 1. The van der Waals surface area contributed by atoms with Gasteiger partial charge in [-0.05, 0) is 42.7 Å². The van der Waals surface area contributed by atoms with Gasteiger partial charge in [0, 0.05) is 12.1 Å². The van der Waals surface area contributed by atoms with Gasteiger partial charge >= 0.3 is 6.61 Å². The van der Waals surface area contributed by atoms with Crippen LogP contribution in [0.4, 0.5) is 8.78 Å². The minimum Gasteiger partial charge on any atom is -0.435 e. The summed E-state index contributed by atoms with van der Waals surface area (Å²) in [5.74, 6) is 0.0125. The molecular formula is C17H17F2NO2. The number of carbonyl (C=O) groups is 1. The Labute approximate surface area is 127 Å². The third kappa shape index (κ3) is 4.55. The molecule has 1 N–H and O–H groups in total. The molecular weight excluding hydrogens is 288 g/mol. The highest BCUT2D eigenvalue weighted by Gasteiger charge is 2.07. The highest BCUT2D eigenvalue weighted by atomic mass is 19.3. The zero-order chi connectivity index (χ0) is 15.9. The van der Waals surface area contributed by atoms with Crippen LogP contribution >= 0.6 is 0 Å². The number of nitrogens with one attached hydrogen (secondary N) is 1. The summed E-state index contributed by atoms with van der Waals surface area (Å²) in [6.07, 6.45) is 0.618. The third-order valence-electron chi connectivity index (χ3n) is 3.24. The van der Waals surface area contributed by atoms with E-state index in [1.54, 1.807) is 18.2 Å². The lowest BCUT2D eigenvalue weighted by Gasteiger charge is -2.08. The molecule has 116 valence electrons. The Hall–Kier alpha value is -2.43. The van der Waals surface area contributed by atoms with Gasteiger partial charge in [-0.2, -0.15) is 8.78 Å². The summed E-state index contributed by atoms with van der Waals surface area (Å²) in [6.45, 7) is -0.460. The second-order valence-corrected chi connectivity index (χ2v) is 4.84. The van der Waals surface area contributed by atoms with Gasteiger partial charge in [0.05, 0.1) is 0 Å². The average molecular weight is 305 g/mol. The van der Waals surface area contributed by atoms with Crippen LogP contribution in [0.3, 0.4) is 0 Å². The Morgan fingerprint density at radius 1 is 1.14 bits per heavy atom. The minimum absolute atomic E-state index is 0.115. The second kappa shape index (κ2) is 7.54. The van der Waals surface area contributed by atoms with Crippen LogP contribution in [0.2, 0.25) is 0 Å². The van der Waals surface area contributed by atoms with E-state index in [9.17, 15) is 13.6 Å².